The van der Waals surface area contributed by atoms with E-state index in [1.54, 1.807) is 0 Å². The Bertz CT molecular complexity index is 656. The predicted octanol–water partition coefficient (Wildman–Crippen LogP) is 2.60. The summed E-state index contributed by atoms with van der Waals surface area (Å²) in [5.41, 5.74) is 2.65. The largest absolute Gasteiger partial charge is 0.356 e. The zero-order valence-electron chi connectivity index (χ0n) is 15.8. The number of anilines is 1. The first-order valence-electron chi connectivity index (χ1n) is 10.0. The van der Waals surface area contributed by atoms with Gasteiger partial charge in [0.1, 0.15) is 11.6 Å². The lowest BCUT2D eigenvalue weighted by atomic mass is 10.0. The molecule has 2 saturated heterocycles. The highest BCUT2D eigenvalue weighted by molar-refractivity contribution is 5.79. The fraction of sp³-hybridized carbons (Fsp3) is 0.750. The van der Waals surface area contributed by atoms with Gasteiger partial charge < -0.3 is 9.80 Å². The number of hydrogen-bond acceptors (Lipinski definition) is 4. The Morgan fingerprint density at radius 3 is 2.40 bits per heavy atom. The molecule has 136 valence electrons. The highest BCUT2D eigenvalue weighted by Gasteiger charge is 2.43. The van der Waals surface area contributed by atoms with Gasteiger partial charge >= 0.3 is 0 Å². The maximum Gasteiger partial charge on any atom is 0.225 e. The lowest BCUT2D eigenvalue weighted by molar-refractivity contribution is -0.134. The number of fused-ring (bicyclic) bond motifs is 2. The van der Waals surface area contributed by atoms with Crippen LogP contribution in [0.1, 0.15) is 50.2 Å². The Morgan fingerprint density at radius 1 is 1.08 bits per heavy atom. The normalized spacial score (nSPS) is 25.0. The summed E-state index contributed by atoms with van der Waals surface area (Å²) in [7, 11) is 0. The number of aromatic nitrogens is 2. The molecule has 2 atom stereocenters. The van der Waals surface area contributed by atoms with Crippen molar-refractivity contribution in [3.05, 3.63) is 17.1 Å². The number of aryl methyl sites for hydroxylation is 2. The fourth-order valence-corrected chi connectivity index (χ4v) is 5.04. The molecular weight excluding hydrogens is 312 g/mol. The van der Waals surface area contributed by atoms with E-state index in [1.807, 2.05) is 6.92 Å². The molecule has 1 aliphatic carbocycles. The van der Waals surface area contributed by atoms with Gasteiger partial charge in [-0.05, 0) is 39.0 Å². The summed E-state index contributed by atoms with van der Waals surface area (Å²) in [6.07, 6.45) is 5.35. The van der Waals surface area contributed by atoms with Crippen LogP contribution in [0.4, 0.5) is 5.82 Å². The van der Waals surface area contributed by atoms with Crippen molar-refractivity contribution < 1.29 is 4.79 Å². The van der Waals surface area contributed by atoms with Crippen LogP contribution in [-0.4, -0.2) is 47.0 Å². The third-order valence-corrected chi connectivity index (χ3v) is 6.46. The Balaban J connectivity index is 1.46. The Hall–Kier alpha value is -1.65. The molecule has 5 heteroatoms. The Labute approximate surface area is 150 Å². The van der Waals surface area contributed by atoms with Crippen molar-refractivity contribution in [3.63, 3.8) is 0 Å². The van der Waals surface area contributed by atoms with Gasteiger partial charge in [-0.2, -0.15) is 0 Å². The molecule has 4 rings (SSSR count). The first-order chi connectivity index (χ1) is 12.1. The maximum absolute atomic E-state index is 12.7. The molecule has 2 aliphatic heterocycles. The monoisotopic (exact) mass is 342 g/mol. The minimum atomic E-state index is 0.211. The number of amides is 1. The second-order valence-electron chi connectivity index (χ2n) is 8.06. The minimum absolute atomic E-state index is 0.211. The molecule has 1 amide bonds. The smallest absolute Gasteiger partial charge is 0.225 e. The molecule has 3 heterocycles. The third kappa shape index (κ3) is 2.91. The van der Waals surface area contributed by atoms with Gasteiger partial charge in [0.2, 0.25) is 5.91 Å². The van der Waals surface area contributed by atoms with Crippen molar-refractivity contribution >= 4 is 11.7 Å². The van der Waals surface area contributed by atoms with Crippen molar-refractivity contribution in [2.75, 3.05) is 31.1 Å². The number of carbonyl (C=O) groups is 1. The average molecular weight is 342 g/mol. The van der Waals surface area contributed by atoms with Gasteiger partial charge in [0.25, 0.3) is 0 Å². The highest BCUT2D eigenvalue weighted by atomic mass is 16.2. The van der Waals surface area contributed by atoms with Crippen molar-refractivity contribution in [1.29, 1.82) is 0 Å². The third-order valence-electron chi connectivity index (χ3n) is 6.46. The lowest BCUT2D eigenvalue weighted by Gasteiger charge is -2.26. The van der Waals surface area contributed by atoms with Crippen LogP contribution in [0, 0.1) is 24.7 Å². The number of nitrogens with zero attached hydrogens (tertiary/aromatic N) is 4. The molecule has 2 unspecified atom stereocenters. The first kappa shape index (κ1) is 16.8. The van der Waals surface area contributed by atoms with Crippen molar-refractivity contribution in [2.24, 2.45) is 17.8 Å². The van der Waals surface area contributed by atoms with Crippen LogP contribution in [0.3, 0.4) is 0 Å². The molecule has 0 radical (unpaired) electrons. The van der Waals surface area contributed by atoms with Crippen molar-refractivity contribution in [1.82, 2.24) is 14.9 Å². The molecule has 5 nitrogen and oxygen atoms in total. The van der Waals surface area contributed by atoms with Gasteiger partial charge in [0, 0.05) is 55.2 Å². The van der Waals surface area contributed by atoms with Gasteiger partial charge in [0.05, 0.1) is 0 Å². The van der Waals surface area contributed by atoms with Gasteiger partial charge in [0.15, 0.2) is 0 Å². The van der Waals surface area contributed by atoms with Crippen LogP contribution < -0.4 is 4.90 Å². The van der Waals surface area contributed by atoms with Gasteiger partial charge in [-0.25, -0.2) is 9.97 Å². The standard InChI is InChI=1S/C20H30N4O/c1-4-14(5-2)20(25)24-11-15-9-23(10-16(15)12-24)19-17-7-6-8-18(17)21-13(3)22-19/h14-16H,4-12H2,1-3H3. The van der Waals surface area contributed by atoms with Crippen LogP contribution in [-0.2, 0) is 17.6 Å². The maximum atomic E-state index is 12.7. The molecule has 1 aromatic heterocycles. The molecular formula is C20H30N4O. The highest BCUT2D eigenvalue weighted by Crippen LogP contribution is 2.37. The van der Waals surface area contributed by atoms with Crippen molar-refractivity contribution in [3.8, 4) is 0 Å². The van der Waals surface area contributed by atoms with E-state index in [2.05, 4.69) is 28.6 Å². The van der Waals surface area contributed by atoms with E-state index in [0.29, 0.717) is 17.7 Å². The molecule has 0 spiro atoms. The SMILES string of the molecule is CCC(CC)C(=O)N1CC2CN(c3nc(C)nc4c3CCC4)CC2C1. The van der Waals surface area contributed by atoms with Gasteiger partial charge in [-0.3, -0.25) is 4.79 Å². The quantitative estimate of drug-likeness (QED) is 0.844. The molecule has 0 aromatic carbocycles. The second kappa shape index (κ2) is 6.58. The van der Waals surface area contributed by atoms with E-state index in [-0.39, 0.29) is 5.92 Å². The molecule has 0 N–H and O–H groups in total. The van der Waals surface area contributed by atoms with E-state index < -0.39 is 0 Å². The zero-order chi connectivity index (χ0) is 17.6. The molecule has 3 aliphatic rings. The van der Waals surface area contributed by atoms with Crippen molar-refractivity contribution in [2.45, 2.75) is 52.9 Å². The number of rotatable bonds is 4. The van der Waals surface area contributed by atoms with Crippen LogP contribution in [0.25, 0.3) is 0 Å². The van der Waals surface area contributed by atoms with Gasteiger partial charge in [-0.15, -0.1) is 0 Å². The number of hydrogen-bond donors (Lipinski definition) is 0. The van der Waals surface area contributed by atoms with E-state index in [0.717, 1.165) is 57.7 Å². The molecule has 0 saturated carbocycles. The summed E-state index contributed by atoms with van der Waals surface area (Å²) in [5, 5.41) is 0. The van der Waals surface area contributed by atoms with E-state index in [9.17, 15) is 4.79 Å². The van der Waals surface area contributed by atoms with Crippen LogP contribution in [0.15, 0.2) is 0 Å². The molecule has 1 aromatic rings. The Kier molecular flexibility index (Phi) is 4.42. The first-order valence-corrected chi connectivity index (χ1v) is 10.0. The summed E-state index contributed by atoms with van der Waals surface area (Å²) >= 11 is 0. The summed E-state index contributed by atoms with van der Waals surface area (Å²) in [6.45, 7) is 10.2. The average Bonchev–Trinajstić information content (AvgIpc) is 3.28. The summed E-state index contributed by atoms with van der Waals surface area (Å²) < 4.78 is 0. The fourth-order valence-electron chi connectivity index (χ4n) is 5.04. The molecule has 25 heavy (non-hydrogen) atoms. The topological polar surface area (TPSA) is 49.3 Å². The van der Waals surface area contributed by atoms with E-state index in [4.69, 9.17) is 4.98 Å². The lowest BCUT2D eigenvalue weighted by Crippen LogP contribution is -2.37. The summed E-state index contributed by atoms with van der Waals surface area (Å²) in [4.78, 5) is 26.7. The molecule has 0 bridgehead atoms. The Morgan fingerprint density at radius 2 is 1.76 bits per heavy atom. The predicted molar refractivity (Wildman–Crippen MR) is 98.6 cm³/mol. The summed E-state index contributed by atoms with van der Waals surface area (Å²) in [5.74, 6) is 3.88. The van der Waals surface area contributed by atoms with E-state index >= 15 is 0 Å². The van der Waals surface area contributed by atoms with E-state index in [1.165, 1.54) is 23.5 Å². The van der Waals surface area contributed by atoms with Crippen LogP contribution in [0.2, 0.25) is 0 Å². The number of carbonyl (C=O) groups excluding carboxylic acids is 1. The van der Waals surface area contributed by atoms with Crippen LogP contribution >= 0.6 is 0 Å². The summed E-state index contributed by atoms with van der Waals surface area (Å²) in [6, 6.07) is 0. The minimum Gasteiger partial charge on any atom is -0.356 e. The number of likely N-dealkylation sites (tertiary alicyclic amines) is 1. The van der Waals surface area contributed by atoms with Gasteiger partial charge in [-0.1, -0.05) is 13.8 Å². The second-order valence-corrected chi connectivity index (χ2v) is 8.06. The molecule has 2 fully saturated rings. The van der Waals surface area contributed by atoms with Crippen LogP contribution in [0.5, 0.6) is 0 Å². The zero-order valence-corrected chi connectivity index (χ0v) is 15.8.